The zero-order valence-electron chi connectivity index (χ0n) is 15.0. The number of rotatable bonds is 7. The monoisotopic (exact) mass is 339 g/mol. The van der Waals surface area contributed by atoms with Crippen molar-refractivity contribution in [2.75, 3.05) is 6.54 Å². The number of carbonyl (C=O) groups is 2. The smallest absolute Gasteiger partial charge is 0.315 e. The fourth-order valence-corrected chi connectivity index (χ4v) is 2.79. The van der Waals surface area contributed by atoms with Gasteiger partial charge in [0.25, 0.3) is 0 Å². The normalized spacial score (nSPS) is 13.7. The van der Waals surface area contributed by atoms with Crippen LogP contribution in [0.25, 0.3) is 0 Å². The maximum absolute atomic E-state index is 12.7. The molecular formula is C21H25NO3. The summed E-state index contributed by atoms with van der Waals surface area (Å²) in [6, 6.07) is 18.8. The summed E-state index contributed by atoms with van der Waals surface area (Å²) in [6.45, 7) is 5.42. The van der Waals surface area contributed by atoms with E-state index in [4.69, 9.17) is 0 Å². The Kier molecular flexibility index (Phi) is 5.62. The molecule has 0 saturated carbocycles. The van der Waals surface area contributed by atoms with Crippen molar-refractivity contribution in [1.82, 2.24) is 5.32 Å². The van der Waals surface area contributed by atoms with E-state index >= 15 is 0 Å². The Bertz CT molecular complexity index is 725. The van der Waals surface area contributed by atoms with E-state index in [1.807, 2.05) is 50.2 Å². The lowest BCUT2D eigenvalue weighted by Gasteiger charge is -2.29. The minimum Gasteiger partial charge on any atom is -0.481 e. The maximum atomic E-state index is 12.7. The Morgan fingerprint density at radius 1 is 0.920 bits per heavy atom. The average molecular weight is 339 g/mol. The van der Waals surface area contributed by atoms with E-state index in [0.29, 0.717) is 12.0 Å². The Hall–Kier alpha value is -2.62. The summed E-state index contributed by atoms with van der Waals surface area (Å²) in [6.07, 6.45) is 0.592. The van der Waals surface area contributed by atoms with Crippen LogP contribution in [-0.4, -0.2) is 23.5 Å². The molecule has 2 N–H and O–H groups in total. The van der Waals surface area contributed by atoms with Crippen LogP contribution in [0.2, 0.25) is 0 Å². The summed E-state index contributed by atoms with van der Waals surface area (Å²) < 4.78 is 0. The van der Waals surface area contributed by atoms with Gasteiger partial charge in [0.15, 0.2) is 0 Å². The zero-order valence-corrected chi connectivity index (χ0v) is 15.0. The quantitative estimate of drug-likeness (QED) is 0.812. The van der Waals surface area contributed by atoms with Gasteiger partial charge in [-0.15, -0.1) is 0 Å². The molecule has 2 aromatic carbocycles. The number of nitrogens with one attached hydrogen (secondary N) is 1. The third-order valence-electron chi connectivity index (χ3n) is 4.59. The number of carbonyl (C=O) groups excluding carboxylic acids is 1. The van der Waals surface area contributed by atoms with Gasteiger partial charge < -0.3 is 10.4 Å². The van der Waals surface area contributed by atoms with Crippen LogP contribution in [0.4, 0.5) is 0 Å². The molecule has 1 atom stereocenters. The van der Waals surface area contributed by atoms with Crippen LogP contribution in [-0.2, 0) is 21.4 Å². The van der Waals surface area contributed by atoms with Gasteiger partial charge in [0.1, 0.15) is 5.41 Å². The van der Waals surface area contributed by atoms with Crippen LogP contribution in [0, 0.1) is 5.41 Å². The van der Waals surface area contributed by atoms with Gasteiger partial charge in [-0.25, -0.2) is 0 Å². The van der Waals surface area contributed by atoms with Crippen LogP contribution in [0.3, 0.4) is 0 Å². The van der Waals surface area contributed by atoms with Crippen LogP contribution in [0.1, 0.15) is 31.9 Å². The molecule has 0 spiro atoms. The van der Waals surface area contributed by atoms with E-state index in [2.05, 4.69) is 5.32 Å². The first-order chi connectivity index (χ1) is 11.8. The van der Waals surface area contributed by atoms with E-state index in [-0.39, 0.29) is 12.5 Å². The number of hydrogen-bond acceptors (Lipinski definition) is 2. The van der Waals surface area contributed by atoms with Crippen molar-refractivity contribution in [3.63, 3.8) is 0 Å². The number of carboxylic acid groups (broad SMARTS) is 1. The SMILES string of the molecule is CC(C)(Cc1ccccc1)C(=O)NCC(C)(C(=O)O)c1ccccc1. The second kappa shape index (κ2) is 7.51. The van der Waals surface area contributed by atoms with Crippen LogP contribution >= 0.6 is 0 Å². The lowest BCUT2D eigenvalue weighted by molar-refractivity contribution is -0.143. The standard InChI is InChI=1S/C21H25NO3/c1-20(2,14-16-10-6-4-7-11-16)18(23)22-15-21(3,19(24)25)17-12-8-5-9-13-17/h4-13H,14-15H2,1-3H3,(H,22,23)(H,24,25). The highest BCUT2D eigenvalue weighted by molar-refractivity contribution is 5.85. The largest absolute Gasteiger partial charge is 0.481 e. The summed E-state index contributed by atoms with van der Waals surface area (Å²) in [4.78, 5) is 24.5. The van der Waals surface area contributed by atoms with E-state index in [9.17, 15) is 14.7 Å². The molecule has 2 aromatic rings. The van der Waals surface area contributed by atoms with Gasteiger partial charge in [-0.1, -0.05) is 74.5 Å². The maximum Gasteiger partial charge on any atom is 0.315 e. The van der Waals surface area contributed by atoms with Gasteiger partial charge in [0, 0.05) is 12.0 Å². The van der Waals surface area contributed by atoms with Gasteiger partial charge in [-0.05, 0) is 24.5 Å². The summed E-state index contributed by atoms with van der Waals surface area (Å²) in [5.41, 5.74) is -0.0487. The fraction of sp³-hybridized carbons (Fsp3) is 0.333. The number of amides is 1. The predicted octanol–water partition coefficient (Wildman–Crippen LogP) is 3.41. The molecule has 132 valence electrons. The Morgan fingerprint density at radius 2 is 1.44 bits per heavy atom. The number of aliphatic carboxylic acids is 1. The second-order valence-corrected chi connectivity index (χ2v) is 7.23. The van der Waals surface area contributed by atoms with Crippen molar-refractivity contribution in [2.24, 2.45) is 5.41 Å². The lowest BCUT2D eigenvalue weighted by Crippen LogP contribution is -2.48. The minimum atomic E-state index is -1.17. The minimum absolute atomic E-state index is 0.0450. The molecule has 0 heterocycles. The molecule has 4 heteroatoms. The van der Waals surface area contributed by atoms with Gasteiger partial charge in [-0.2, -0.15) is 0 Å². The highest BCUT2D eigenvalue weighted by atomic mass is 16.4. The molecule has 1 amide bonds. The first-order valence-electron chi connectivity index (χ1n) is 8.37. The van der Waals surface area contributed by atoms with Crippen molar-refractivity contribution in [1.29, 1.82) is 0 Å². The lowest BCUT2D eigenvalue weighted by atomic mass is 9.81. The Labute approximate surface area is 148 Å². The molecule has 1 unspecified atom stereocenters. The Balaban J connectivity index is 2.09. The molecular weight excluding hydrogens is 314 g/mol. The van der Waals surface area contributed by atoms with E-state index in [0.717, 1.165) is 5.56 Å². The highest BCUT2D eigenvalue weighted by Gasteiger charge is 2.37. The van der Waals surface area contributed by atoms with Crippen LogP contribution in [0.15, 0.2) is 60.7 Å². The van der Waals surface area contributed by atoms with Gasteiger partial charge in [0.2, 0.25) is 5.91 Å². The van der Waals surface area contributed by atoms with E-state index < -0.39 is 16.8 Å². The Morgan fingerprint density at radius 3 is 1.96 bits per heavy atom. The van der Waals surface area contributed by atoms with Crippen molar-refractivity contribution in [3.05, 3.63) is 71.8 Å². The molecule has 0 fully saturated rings. The third kappa shape index (κ3) is 4.47. The summed E-state index contributed by atoms with van der Waals surface area (Å²) in [7, 11) is 0. The van der Waals surface area contributed by atoms with Crippen molar-refractivity contribution < 1.29 is 14.7 Å². The summed E-state index contributed by atoms with van der Waals surface area (Å²) >= 11 is 0. The second-order valence-electron chi connectivity index (χ2n) is 7.23. The first-order valence-corrected chi connectivity index (χ1v) is 8.37. The predicted molar refractivity (Wildman–Crippen MR) is 98.4 cm³/mol. The zero-order chi connectivity index (χ0) is 18.5. The molecule has 0 aliphatic rings. The van der Waals surface area contributed by atoms with Crippen LogP contribution in [0.5, 0.6) is 0 Å². The number of carboxylic acids is 1. The van der Waals surface area contributed by atoms with Gasteiger partial charge in [-0.3, -0.25) is 9.59 Å². The van der Waals surface area contributed by atoms with Crippen molar-refractivity contribution in [2.45, 2.75) is 32.6 Å². The molecule has 0 bridgehead atoms. The highest BCUT2D eigenvalue weighted by Crippen LogP contribution is 2.26. The van der Waals surface area contributed by atoms with Gasteiger partial charge in [0.05, 0.1) is 0 Å². The van der Waals surface area contributed by atoms with Crippen molar-refractivity contribution in [3.8, 4) is 0 Å². The molecule has 0 radical (unpaired) electrons. The average Bonchev–Trinajstić information content (AvgIpc) is 2.60. The third-order valence-corrected chi connectivity index (χ3v) is 4.59. The van der Waals surface area contributed by atoms with Gasteiger partial charge >= 0.3 is 5.97 Å². The topological polar surface area (TPSA) is 66.4 Å². The number of hydrogen-bond donors (Lipinski definition) is 2. The molecule has 0 aliphatic heterocycles. The molecule has 25 heavy (non-hydrogen) atoms. The van der Waals surface area contributed by atoms with Crippen molar-refractivity contribution >= 4 is 11.9 Å². The molecule has 2 rings (SSSR count). The van der Waals surface area contributed by atoms with Crippen LogP contribution < -0.4 is 5.32 Å². The fourth-order valence-electron chi connectivity index (χ4n) is 2.79. The van der Waals surface area contributed by atoms with E-state index in [1.54, 1.807) is 31.2 Å². The first kappa shape index (κ1) is 18.7. The molecule has 0 aromatic heterocycles. The molecule has 0 aliphatic carbocycles. The van der Waals surface area contributed by atoms with E-state index in [1.165, 1.54) is 0 Å². The summed E-state index contributed by atoms with van der Waals surface area (Å²) in [5, 5.41) is 12.5. The molecule has 4 nitrogen and oxygen atoms in total. The summed E-state index contributed by atoms with van der Waals surface area (Å²) in [5.74, 6) is -1.11. The molecule has 0 saturated heterocycles. The number of benzene rings is 2.